The Labute approximate surface area is 151 Å². The zero-order chi connectivity index (χ0) is 17.4. The summed E-state index contributed by atoms with van der Waals surface area (Å²) in [6.07, 6.45) is 4.18. The Morgan fingerprint density at radius 2 is 2.16 bits per heavy atom. The van der Waals surface area contributed by atoms with Gasteiger partial charge in [0, 0.05) is 30.5 Å². The maximum absolute atomic E-state index is 13.0. The fourth-order valence-electron chi connectivity index (χ4n) is 4.01. The minimum Gasteiger partial charge on any atom is -0.395 e. The van der Waals surface area contributed by atoms with Crippen molar-refractivity contribution in [2.24, 2.45) is 0 Å². The van der Waals surface area contributed by atoms with E-state index in [4.69, 9.17) is 0 Å². The van der Waals surface area contributed by atoms with Crippen LogP contribution in [-0.4, -0.2) is 58.1 Å². The first kappa shape index (κ1) is 16.8. The van der Waals surface area contributed by atoms with Crippen molar-refractivity contribution in [1.29, 1.82) is 0 Å². The van der Waals surface area contributed by atoms with Crippen molar-refractivity contribution in [2.75, 3.05) is 19.0 Å². The Hall–Kier alpha value is -1.63. The van der Waals surface area contributed by atoms with E-state index in [-0.39, 0.29) is 35.6 Å². The molecule has 25 heavy (non-hydrogen) atoms. The van der Waals surface area contributed by atoms with Crippen LogP contribution in [0, 0.1) is 0 Å². The quantitative estimate of drug-likeness (QED) is 0.847. The van der Waals surface area contributed by atoms with Crippen LogP contribution in [0.15, 0.2) is 29.8 Å². The van der Waals surface area contributed by atoms with Gasteiger partial charge >= 0.3 is 0 Å². The Kier molecular flexibility index (Phi) is 4.67. The Morgan fingerprint density at radius 3 is 2.96 bits per heavy atom. The fourth-order valence-corrected chi connectivity index (χ4v) is 5.23. The molecule has 0 saturated carbocycles. The molecule has 4 rings (SSSR count). The number of fused-ring (bicyclic) bond motifs is 1. The van der Waals surface area contributed by atoms with Gasteiger partial charge in [-0.3, -0.25) is 9.59 Å². The van der Waals surface area contributed by atoms with Crippen LogP contribution in [0.3, 0.4) is 0 Å². The molecular weight excluding hydrogens is 336 g/mol. The Bertz CT molecular complexity index is 733. The summed E-state index contributed by atoms with van der Waals surface area (Å²) in [5.74, 6) is 0.738. The van der Waals surface area contributed by atoms with Gasteiger partial charge in [-0.25, -0.2) is 0 Å². The number of nitrogens with one attached hydrogen (secondary N) is 1. The molecule has 6 heteroatoms. The topological polar surface area (TPSA) is 69.6 Å². The molecule has 5 nitrogen and oxygen atoms in total. The Morgan fingerprint density at radius 1 is 1.32 bits per heavy atom. The van der Waals surface area contributed by atoms with Gasteiger partial charge in [-0.2, -0.15) is 0 Å². The molecule has 1 amide bonds. The predicted octanol–water partition coefficient (Wildman–Crippen LogP) is 1.21. The van der Waals surface area contributed by atoms with E-state index in [2.05, 4.69) is 5.32 Å². The van der Waals surface area contributed by atoms with Crippen LogP contribution in [0.4, 0.5) is 0 Å². The van der Waals surface area contributed by atoms with E-state index < -0.39 is 0 Å². The molecule has 0 bridgehead atoms. The second-order valence-corrected chi connectivity index (χ2v) is 7.96. The summed E-state index contributed by atoms with van der Waals surface area (Å²) in [5.41, 5.74) is 3.05. The van der Waals surface area contributed by atoms with Crippen molar-refractivity contribution < 1.29 is 14.7 Å². The summed E-state index contributed by atoms with van der Waals surface area (Å²) in [6.45, 7) is 0.585. The first-order valence-corrected chi connectivity index (χ1v) is 9.83. The minimum atomic E-state index is -0.358. The Balaban J connectivity index is 1.50. The van der Waals surface area contributed by atoms with E-state index in [1.165, 1.54) is 17.3 Å². The number of likely N-dealkylation sites (tertiary alicyclic amines) is 1. The number of benzene rings is 1. The molecule has 2 saturated heterocycles. The summed E-state index contributed by atoms with van der Waals surface area (Å²) >= 11 is 1.53. The molecule has 0 radical (unpaired) electrons. The number of nitrogens with zero attached hydrogens (tertiary/aromatic N) is 1. The molecule has 1 aromatic rings. The van der Waals surface area contributed by atoms with Crippen LogP contribution in [0.2, 0.25) is 0 Å². The number of hydrogen-bond donors (Lipinski definition) is 2. The summed E-state index contributed by atoms with van der Waals surface area (Å²) in [6, 6.07) is 7.47. The van der Waals surface area contributed by atoms with E-state index in [9.17, 15) is 14.7 Å². The van der Waals surface area contributed by atoms with Crippen LogP contribution in [-0.2, 0) is 16.0 Å². The number of aliphatic hydroxyl groups is 1. The molecule has 2 heterocycles. The number of amides is 1. The number of carbonyl (C=O) groups excluding carboxylic acids is 2. The van der Waals surface area contributed by atoms with Gasteiger partial charge in [0.1, 0.15) is 0 Å². The number of Topliss-reactive ketones (excluding diaryl/α,β-unsaturated/α-hetero) is 1. The molecule has 0 spiro atoms. The van der Waals surface area contributed by atoms with Crippen molar-refractivity contribution in [3.63, 3.8) is 0 Å². The van der Waals surface area contributed by atoms with Crippen LogP contribution >= 0.6 is 11.8 Å². The lowest BCUT2D eigenvalue weighted by molar-refractivity contribution is -0.134. The average molecular weight is 358 g/mol. The van der Waals surface area contributed by atoms with E-state index in [1.54, 1.807) is 4.90 Å². The van der Waals surface area contributed by atoms with Gasteiger partial charge in [0.05, 0.1) is 17.9 Å². The molecule has 2 fully saturated rings. The number of thioether (sulfide) groups is 1. The van der Waals surface area contributed by atoms with Crippen LogP contribution in [0.25, 0.3) is 6.08 Å². The fraction of sp³-hybridized carbons (Fsp3) is 0.474. The van der Waals surface area contributed by atoms with Crippen LogP contribution < -0.4 is 5.32 Å². The highest BCUT2D eigenvalue weighted by Gasteiger charge is 2.42. The third-order valence-corrected chi connectivity index (χ3v) is 6.59. The van der Waals surface area contributed by atoms with Gasteiger partial charge in [0.2, 0.25) is 0 Å². The van der Waals surface area contributed by atoms with Gasteiger partial charge in [-0.1, -0.05) is 24.3 Å². The second-order valence-electron chi connectivity index (χ2n) is 6.83. The lowest BCUT2D eigenvalue weighted by Gasteiger charge is -2.27. The van der Waals surface area contributed by atoms with Crippen molar-refractivity contribution in [3.8, 4) is 0 Å². The SMILES string of the molecule is O=C(C1SCN[C@@H]1CO)[C@@H]1CCCN1C(=O)C1=Cc2ccccc2C1. The molecule has 1 aliphatic carbocycles. The third-order valence-electron chi connectivity index (χ3n) is 5.33. The van der Waals surface area contributed by atoms with Gasteiger partial charge in [-0.15, -0.1) is 11.8 Å². The van der Waals surface area contributed by atoms with Crippen LogP contribution in [0.1, 0.15) is 24.0 Å². The number of hydrogen-bond acceptors (Lipinski definition) is 5. The van der Waals surface area contributed by atoms with Crippen molar-refractivity contribution in [1.82, 2.24) is 10.2 Å². The minimum absolute atomic E-state index is 0.0106. The molecule has 3 atom stereocenters. The average Bonchev–Trinajstić information content (AvgIpc) is 3.38. The predicted molar refractivity (Wildman–Crippen MR) is 98.1 cm³/mol. The lowest BCUT2D eigenvalue weighted by atomic mass is 10.0. The summed E-state index contributed by atoms with van der Waals surface area (Å²) in [5, 5.41) is 12.3. The van der Waals surface area contributed by atoms with E-state index in [0.29, 0.717) is 18.8 Å². The van der Waals surface area contributed by atoms with Crippen molar-refractivity contribution in [2.45, 2.75) is 36.6 Å². The molecule has 2 aliphatic heterocycles. The van der Waals surface area contributed by atoms with Gasteiger partial charge in [0.25, 0.3) is 5.91 Å². The monoisotopic (exact) mass is 358 g/mol. The molecule has 132 valence electrons. The second kappa shape index (κ2) is 6.94. The molecule has 0 aromatic heterocycles. The van der Waals surface area contributed by atoms with Gasteiger partial charge in [-0.05, 0) is 30.0 Å². The lowest BCUT2D eigenvalue weighted by Crippen LogP contribution is -2.48. The maximum Gasteiger partial charge on any atom is 0.250 e. The smallest absolute Gasteiger partial charge is 0.250 e. The van der Waals surface area contributed by atoms with E-state index in [0.717, 1.165) is 24.0 Å². The first-order chi connectivity index (χ1) is 12.2. The van der Waals surface area contributed by atoms with Gasteiger partial charge < -0.3 is 15.3 Å². The standard InChI is InChI=1S/C19H22N2O3S/c22-10-15-18(25-11-20-15)17(23)16-6-3-7-21(16)19(24)14-8-12-4-1-2-5-13(12)9-14/h1-2,4-5,8,15-16,18,20,22H,3,6-7,9-11H2/t15-,16+,18?/m1/s1. The largest absolute Gasteiger partial charge is 0.395 e. The summed E-state index contributed by atoms with van der Waals surface area (Å²) < 4.78 is 0. The van der Waals surface area contributed by atoms with E-state index >= 15 is 0 Å². The third kappa shape index (κ3) is 3.03. The molecule has 1 aromatic carbocycles. The highest BCUT2D eigenvalue weighted by Crippen LogP contribution is 2.31. The molecule has 2 N–H and O–H groups in total. The highest BCUT2D eigenvalue weighted by atomic mass is 32.2. The normalized spacial score (nSPS) is 28.1. The van der Waals surface area contributed by atoms with Crippen molar-refractivity contribution >= 4 is 29.5 Å². The number of aliphatic hydroxyl groups excluding tert-OH is 1. The number of ketones is 1. The molecule has 1 unspecified atom stereocenters. The zero-order valence-corrected chi connectivity index (χ0v) is 14.8. The molecular formula is C19H22N2O3S. The zero-order valence-electron chi connectivity index (χ0n) is 14.0. The first-order valence-electron chi connectivity index (χ1n) is 8.78. The van der Waals surface area contributed by atoms with Crippen molar-refractivity contribution in [3.05, 3.63) is 41.0 Å². The molecule has 3 aliphatic rings. The number of rotatable bonds is 4. The highest BCUT2D eigenvalue weighted by molar-refractivity contribution is 8.00. The summed E-state index contributed by atoms with van der Waals surface area (Å²) in [4.78, 5) is 27.8. The maximum atomic E-state index is 13.0. The summed E-state index contributed by atoms with van der Waals surface area (Å²) in [7, 11) is 0. The van der Waals surface area contributed by atoms with Gasteiger partial charge in [0.15, 0.2) is 5.78 Å². The van der Waals surface area contributed by atoms with E-state index in [1.807, 2.05) is 30.3 Å². The van der Waals surface area contributed by atoms with Crippen LogP contribution in [0.5, 0.6) is 0 Å². The number of carbonyl (C=O) groups is 2.